The minimum atomic E-state index is 0.106. The van der Waals surface area contributed by atoms with E-state index in [1.165, 1.54) is 0 Å². The van der Waals surface area contributed by atoms with Crippen molar-refractivity contribution in [3.8, 4) is 10.7 Å². The second-order valence-electron chi connectivity index (χ2n) is 3.20. The van der Waals surface area contributed by atoms with E-state index in [1.807, 2.05) is 19.1 Å². The molecule has 2 rings (SSSR count). The van der Waals surface area contributed by atoms with Crippen molar-refractivity contribution in [1.29, 1.82) is 0 Å². The van der Waals surface area contributed by atoms with Gasteiger partial charge >= 0.3 is 0 Å². The molecular weight excluding hydrogens is 278 g/mol. The Bertz CT molecular complexity index is 454. The molecule has 0 aromatic carbocycles. The van der Waals surface area contributed by atoms with Gasteiger partial charge in [-0.1, -0.05) is 12.1 Å². The molecule has 0 saturated heterocycles. The molecule has 2 aromatic rings. The van der Waals surface area contributed by atoms with Crippen LogP contribution in [0.1, 0.15) is 18.7 Å². The van der Waals surface area contributed by atoms with Crippen molar-refractivity contribution in [2.75, 3.05) is 6.54 Å². The highest BCUT2D eigenvalue weighted by Crippen LogP contribution is 2.29. The Morgan fingerprint density at radius 1 is 1.60 bits per heavy atom. The van der Waals surface area contributed by atoms with Gasteiger partial charge in [0, 0.05) is 12.5 Å². The number of aromatic nitrogens is 2. The summed E-state index contributed by atoms with van der Waals surface area (Å²) in [5.41, 5.74) is 5.52. The maximum Gasteiger partial charge on any atom is 0.231 e. The summed E-state index contributed by atoms with van der Waals surface area (Å²) in [5, 5.41) is 3.92. The van der Waals surface area contributed by atoms with Crippen LogP contribution in [-0.2, 0) is 0 Å². The molecule has 0 fully saturated rings. The van der Waals surface area contributed by atoms with Crippen LogP contribution in [0.3, 0.4) is 0 Å². The van der Waals surface area contributed by atoms with Crippen LogP contribution in [0.4, 0.5) is 0 Å². The van der Waals surface area contributed by atoms with Crippen molar-refractivity contribution >= 4 is 27.3 Å². The number of rotatable bonds is 3. The van der Waals surface area contributed by atoms with Crippen LogP contribution < -0.4 is 5.73 Å². The van der Waals surface area contributed by atoms with Crippen LogP contribution in [0, 0.1) is 0 Å². The van der Waals surface area contributed by atoms with Gasteiger partial charge in [-0.3, -0.25) is 0 Å². The van der Waals surface area contributed by atoms with Crippen LogP contribution in [-0.4, -0.2) is 16.7 Å². The minimum Gasteiger partial charge on any atom is -0.339 e. The van der Waals surface area contributed by atoms with Gasteiger partial charge in [-0.15, -0.1) is 11.3 Å². The highest BCUT2D eigenvalue weighted by atomic mass is 79.9. The van der Waals surface area contributed by atoms with Gasteiger partial charge in [-0.2, -0.15) is 4.98 Å². The molecule has 2 heterocycles. The molecule has 0 amide bonds. The molecule has 1 atom stereocenters. The summed E-state index contributed by atoms with van der Waals surface area (Å²) in [6, 6.07) is 3.92. The van der Waals surface area contributed by atoms with E-state index in [4.69, 9.17) is 10.3 Å². The maximum absolute atomic E-state index is 5.52. The largest absolute Gasteiger partial charge is 0.339 e. The molecule has 4 nitrogen and oxygen atoms in total. The Morgan fingerprint density at radius 2 is 2.40 bits per heavy atom. The number of thiophene rings is 1. The van der Waals surface area contributed by atoms with Crippen LogP contribution in [0.5, 0.6) is 0 Å². The zero-order valence-corrected chi connectivity index (χ0v) is 10.5. The Balaban J connectivity index is 2.27. The SMILES string of the molecule is CC(CN)c1nc(-c2ccc(Br)s2)no1. The number of hydrogen-bond donors (Lipinski definition) is 1. The summed E-state index contributed by atoms with van der Waals surface area (Å²) >= 11 is 4.97. The Labute approximate surface area is 99.6 Å². The molecule has 0 aliphatic carbocycles. The molecule has 0 aliphatic heterocycles. The number of hydrogen-bond acceptors (Lipinski definition) is 5. The fourth-order valence-electron chi connectivity index (χ4n) is 1.07. The molecule has 0 saturated carbocycles. The predicted molar refractivity (Wildman–Crippen MR) is 62.8 cm³/mol. The van der Waals surface area contributed by atoms with Crippen molar-refractivity contribution in [3.05, 3.63) is 21.8 Å². The lowest BCUT2D eigenvalue weighted by Crippen LogP contribution is -2.08. The van der Waals surface area contributed by atoms with Crippen LogP contribution in [0.25, 0.3) is 10.7 Å². The van der Waals surface area contributed by atoms with Gasteiger partial charge in [0.1, 0.15) is 0 Å². The molecule has 2 N–H and O–H groups in total. The Hall–Kier alpha value is -0.720. The summed E-state index contributed by atoms with van der Waals surface area (Å²) in [6.07, 6.45) is 0. The lowest BCUT2D eigenvalue weighted by Gasteiger charge is -1.98. The molecule has 0 aliphatic rings. The van der Waals surface area contributed by atoms with Gasteiger partial charge in [-0.25, -0.2) is 0 Å². The number of nitrogens with zero attached hydrogens (tertiary/aromatic N) is 2. The Morgan fingerprint density at radius 3 is 3.00 bits per heavy atom. The van der Waals surface area contributed by atoms with Gasteiger partial charge in [0.2, 0.25) is 11.7 Å². The van der Waals surface area contributed by atoms with E-state index >= 15 is 0 Å². The van der Waals surface area contributed by atoms with Gasteiger partial charge in [0.25, 0.3) is 0 Å². The fourth-order valence-corrected chi connectivity index (χ4v) is 2.38. The normalized spacial score (nSPS) is 13.0. The van der Waals surface area contributed by atoms with Crippen molar-refractivity contribution in [2.24, 2.45) is 5.73 Å². The molecule has 80 valence electrons. The third kappa shape index (κ3) is 2.27. The highest BCUT2D eigenvalue weighted by molar-refractivity contribution is 9.11. The molecule has 1 unspecified atom stereocenters. The second kappa shape index (κ2) is 4.42. The van der Waals surface area contributed by atoms with Crippen molar-refractivity contribution in [2.45, 2.75) is 12.8 Å². The fraction of sp³-hybridized carbons (Fsp3) is 0.333. The first-order valence-electron chi connectivity index (χ1n) is 4.50. The van der Waals surface area contributed by atoms with Gasteiger partial charge in [-0.05, 0) is 28.1 Å². The van der Waals surface area contributed by atoms with E-state index in [0.29, 0.717) is 18.3 Å². The molecular formula is C9H10BrN3OS. The Kier molecular flexibility index (Phi) is 3.18. The average molecular weight is 288 g/mol. The van der Waals surface area contributed by atoms with Gasteiger partial charge in [0.05, 0.1) is 8.66 Å². The monoisotopic (exact) mass is 287 g/mol. The number of nitrogens with two attached hydrogens (primary N) is 1. The maximum atomic E-state index is 5.52. The van der Waals surface area contributed by atoms with Crippen molar-refractivity contribution in [3.63, 3.8) is 0 Å². The van der Waals surface area contributed by atoms with Crippen LogP contribution >= 0.6 is 27.3 Å². The number of halogens is 1. The van der Waals surface area contributed by atoms with Gasteiger partial charge in [0.15, 0.2) is 0 Å². The van der Waals surface area contributed by atoms with Crippen LogP contribution in [0.2, 0.25) is 0 Å². The van der Waals surface area contributed by atoms with Crippen LogP contribution in [0.15, 0.2) is 20.4 Å². The smallest absolute Gasteiger partial charge is 0.231 e. The zero-order chi connectivity index (χ0) is 10.8. The second-order valence-corrected chi connectivity index (χ2v) is 5.66. The van der Waals surface area contributed by atoms with Gasteiger partial charge < -0.3 is 10.3 Å². The van der Waals surface area contributed by atoms with E-state index in [1.54, 1.807) is 11.3 Å². The summed E-state index contributed by atoms with van der Waals surface area (Å²) in [5.74, 6) is 1.33. The van der Waals surface area contributed by atoms with E-state index in [9.17, 15) is 0 Å². The average Bonchev–Trinajstić information content (AvgIpc) is 2.84. The topological polar surface area (TPSA) is 64.9 Å². The third-order valence-corrected chi connectivity index (χ3v) is 3.63. The molecule has 2 aromatic heterocycles. The molecule has 0 radical (unpaired) electrons. The van der Waals surface area contributed by atoms with E-state index in [-0.39, 0.29) is 5.92 Å². The summed E-state index contributed by atoms with van der Waals surface area (Å²) < 4.78 is 6.18. The first-order valence-corrected chi connectivity index (χ1v) is 6.11. The minimum absolute atomic E-state index is 0.106. The summed E-state index contributed by atoms with van der Waals surface area (Å²) in [7, 11) is 0. The standard InChI is InChI=1S/C9H10BrN3OS/c1-5(4-11)9-12-8(13-14-9)6-2-3-7(10)15-6/h2-3,5H,4,11H2,1H3. The lowest BCUT2D eigenvalue weighted by atomic mass is 10.2. The molecule has 0 bridgehead atoms. The third-order valence-electron chi connectivity index (χ3n) is 2.01. The van der Waals surface area contributed by atoms with E-state index < -0.39 is 0 Å². The summed E-state index contributed by atoms with van der Waals surface area (Å²) in [4.78, 5) is 5.28. The van der Waals surface area contributed by atoms with E-state index in [2.05, 4.69) is 26.1 Å². The molecule has 6 heteroatoms. The lowest BCUT2D eigenvalue weighted by molar-refractivity contribution is 0.361. The van der Waals surface area contributed by atoms with E-state index in [0.717, 1.165) is 8.66 Å². The van der Waals surface area contributed by atoms with Crippen molar-refractivity contribution in [1.82, 2.24) is 10.1 Å². The molecule has 15 heavy (non-hydrogen) atoms. The first kappa shape index (κ1) is 10.8. The zero-order valence-electron chi connectivity index (χ0n) is 8.11. The van der Waals surface area contributed by atoms with Crippen molar-refractivity contribution < 1.29 is 4.52 Å². The quantitative estimate of drug-likeness (QED) is 0.943. The highest BCUT2D eigenvalue weighted by Gasteiger charge is 2.14. The predicted octanol–water partition coefficient (Wildman–Crippen LogP) is 2.62. The first-order chi connectivity index (χ1) is 7.20. The molecule has 0 spiro atoms. The summed E-state index contributed by atoms with van der Waals surface area (Å²) in [6.45, 7) is 2.47.